The molecule has 1 aromatic heterocycles. The second-order valence-corrected chi connectivity index (χ2v) is 4.44. The molecule has 100 valence electrons. The van der Waals surface area contributed by atoms with Crippen LogP contribution in [-0.4, -0.2) is 16.2 Å². The summed E-state index contributed by atoms with van der Waals surface area (Å²) in [6.45, 7) is 1.93. The van der Waals surface area contributed by atoms with Crippen LogP contribution in [-0.2, 0) is 5.60 Å². The number of carbonyl (C=O) groups is 1. The maximum atomic E-state index is 11.2. The second kappa shape index (κ2) is 5.28. The highest BCUT2D eigenvalue weighted by molar-refractivity contribution is 5.89. The van der Waals surface area contributed by atoms with Crippen LogP contribution in [0.15, 0.2) is 47.1 Å². The summed E-state index contributed by atoms with van der Waals surface area (Å²) < 4.78 is 5.27. The molecule has 2 rings (SSSR count). The molecule has 0 saturated carbocycles. The van der Waals surface area contributed by atoms with Crippen LogP contribution in [0.2, 0.25) is 0 Å². The van der Waals surface area contributed by atoms with Crippen LogP contribution in [0.5, 0.6) is 0 Å². The smallest absolute Gasteiger partial charge is 0.339 e. The first-order valence-electron chi connectivity index (χ1n) is 6.18. The van der Waals surface area contributed by atoms with Gasteiger partial charge in [0.2, 0.25) is 0 Å². The van der Waals surface area contributed by atoms with E-state index in [1.807, 2.05) is 13.0 Å². The van der Waals surface area contributed by atoms with E-state index < -0.39 is 11.6 Å². The van der Waals surface area contributed by atoms with Gasteiger partial charge in [0.15, 0.2) is 5.76 Å². The molecule has 4 heteroatoms. The van der Waals surface area contributed by atoms with Gasteiger partial charge in [0.1, 0.15) is 11.2 Å². The zero-order valence-corrected chi connectivity index (χ0v) is 10.7. The summed E-state index contributed by atoms with van der Waals surface area (Å²) in [6.07, 6.45) is 2.39. The number of hydrogen-bond acceptors (Lipinski definition) is 3. The van der Waals surface area contributed by atoms with Crippen LogP contribution in [0.4, 0.5) is 0 Å². The molecule has 0 aliphatic heterocycles. The first-order valence-corrected chi connectivity index (χ1v) is 6.18. The average Bonchev–Trinajstić information content (AvgIpc) is 2.90. The second-order valence-electron chi connectivity index (χ2n) is 4.44. The molecule has 0 bridgehead atoms. The number of carboxylic acids is 1. The molecule has 0 aliphatic carbocycles. The summed E-state index contributed by atoms with van der Waals surface area (Å²) in [6, 6.07) is 10.4. The summed E-state index contributed by atoms with van der Waals surface area (Å²) in [7, 11) is 0. The van der Waals surface area contributed by atoms with E-state index >= 15 is 0 Å². The van der Waals surface area contributed by atoms with Crippen molar-refractivity contribution in [3.8, 4) is 0 Å². The third kappa shape index (κ3) is 2.39. The number of benzene rings is 1. The third-order valence-corrected chi connectivity index (χ3v) is 3.13. The van der Waals surface area contributed by atoms with E-state index in [0.29, 0.717) is 18.4 Å². The fourth-order valence-corrected chi connectivity index (χ4v) is 2.26. The van der Waals surface area contributed by atoms with Gasteiger partial charge in [-0.15, -0.1) is 0 Å². The third-order valence-electron chi connectivity index (χ3n) is 3.13. The van der Waals surface area contributed by atoms with E-state index in [2.05, 4.69) is 0 Å². The maximum absolute atomic E-state index is 11.2. The molecule has 19 heavy (non-hydrogen) atoms. The zero-order valence-electron chi connectivity index (χ0n) is 10.7. The van der Waals surface area contributed by atoms with Crippen LogP contribution >= 0.6 is 0 Å². The zero-order chi connectivity index (χ0) is 13.9. The predicted molar refractivity (Wildman–Crippen MR) is 70.0 cm³/mol. The summed E-state index contributed by atoms with van der Waals surface area (Å²) in [5.74, 6) is -1.01. The molecule has 0 fully saturated rings. The topological polar surface area (TPSA) is 70.7 Å². The first kappa shape index (κ1) is 13.4. The van der Waals surface area contributed by atoms with Crippen LogP contribution in [0.3, 0.4) is 0 Å². The van der Waals surface area contributed by atoms with E-state index in [1.165, 1.54) is 12.3 Å². The largest absolute Gasteiger partial charge is 0.478 e. The Balaban J connectivity index is 2.56. The van der Waals surface area contributed by atoms with Gasteiger partial charge in [-0.2, -0.15) is 0 Å². The first-order chi connectivity index (χ1) is 9.09. The van der Waals surface area contributed by atoms with Gasteiger partial charge in [0, 0.05) is 0 Å². The molecule has 0 spiro atoms. The van der Waals surface area contributed by atoms with E-state index in [-0.39, 0.29) is 11.3 Å². The Kier molecular flexibility index (Phi) is 3.71. The molecule has 1 heterocycles. The van der Waals surface area contributed by atoms with Crippen LogP contribution in [0, 0.1) is 0 Å². The highest BCUT2D eigenvalue weighted by Gasteiger charge is 2.37. The van der Waals surface area contributed by atoms with Crippen molar-refractivity contribution in [3.63, 3.8) is 0 Å². The molecular formula is C15H16O4. The molecular weight excluding hydrogens is 244 g/mol. The van der Waals surface area contributed by atoms with Gasteiger partial charge in [-0.25, -0.2) is 4.79 Å². The quantitative estimate of drug-likeness (QED) is 0.866. The van der Waals surface area contributed by atoms with Gasteiger partial charge in [-0.1, -0.05) is 43.7 Å². The van der Waals surface area contributed by atoms with Gasteiger partial charge in [-0.05, 0) is 18.1 Å². The predicted octanol–water partition coefficient (Wildman–Crippen LogP) is 3.01. The molecule has 0 amide bonds. The number of aliphatic hydroxyl groups is 1. The number of aromatic carboxylic acids is 1. The van der Waals surface area contributed by atoms with Gasteiger partial charge in [0.05, 0.1) is 6.26 Å². The van der Waals surface area contributed by atoms with E-state index in [9.17, 15) is 9.90 Å². The number of hydrogen-bond donors (Lipinski definition) is 2. The van der Waals surface area contributed by atoms with Crippen molar-refractivity contribution < 1.29 is 19.4 Å². The average molecular weight is 260 g/mol. The van der Waals surface area contributed by atoms with Crippen molar-refractivity contribution in [2.24, 2.45) is 0 Å². The van der Waals surface area contributed by atoms with Crippen LogP contribution in [0.25, 0.3) is 0 Å². The summed E-state index contributed by atoms with van der Waals surface area (Å²) >= 11 is 0. The lowest BCUT2D eigenvalue weighted by molar-refractivity contribution is 0.0425. The van der Waals surface area contributed by atoms with E-state index in [0.717, 1.165) is 0 Å². The van der Waals surface area contributed by atoms with E-state index in [1.54, 1.807) is 24.3 Å². The van der Waals surface area contributed by atoms with E-state index in [4.69, 9.17) is 9.52 Å². The minimum absolute atomic E-state index is 0.000182. The SMILES string of the molecule is CCCC(O)(c1ccccc1)c1occc1C(=O)O. The van der Waals surface area contributed by atoms with Gasteiger partial charge in [-0.3, -0.25) is 0 Å². The Morgan fingerprint density at radius 2 is 1.95 bits per heavy atom. The fourth-order valence-electron chi connectivity index (χ4n) is 2.26. The molecule has 1 aromatic carbocycles. The van der Waals surface area contributed by atoms with Gasteiger partial charge in [0.25, 0.3) is 0 Å². The van der Waals surface area contributed by atoms with Crippen molar-refractivity contribution >= 4 is 5.97 Å². The van der Waals surface area contributed by atoms with Gasteiger partial charge < -0.3 is 14.6 Å². The summed E-state index contributed by atoms with van der Waals surface area (Å²) in [5, 5.41) is 20.1. The Morgan fingerprint density at radius 1 is 1.26 bits per heavy atom. The van der Waals surface area contributed by atoms with Crippen LogP contribution in [0.1, 0.15) is 41.4 Å². The Morgan fingerprint density at radius 3 is 2.53 bits per heavy atom. The van der Waals surface area contributed by atoms with Crippen molar-refractivity contribution in [2.75, 3.05) is 0 Å². The van der Waals surface area contributed by atoms with Crippen molar-refractivity contribution in [1.82, 2.24) is 0 Å². The lowest BCUT2D eigenvalue weighted by Crippen LogP contribution is -2.28. The lowest BCUT2D eigenvalue weighted by atomic mass is 9.85. The van der Waals surface area contributed by atoms with Gasteiger partial charge >= 0.3 is 5.97 Å². The highest BCUT2D eigenvalue weighted by Crippen LogP contribution is 2.36. The molecule has 2 N–H and O–H groups in total. The monoisotopic (exact) mass is 260 g/mol. The molecule has 1 unspecified atom stereocenters. The normalized spacial score (nSPS) is 14.0. The minimum Gasteiger partial charge on any atom is -0.478 e. The standard InChI is InChI=1S/C15H16O4/c1-2-9-15(18,11-6-4-3-5-7-11)13-12(14(16)17)8-10-19-13/h3-8,10,18H,2,9H2,1H3,(H,16,17). The molecule has 4 nitrogen and oxygen atoms in total. The Hall–Kier alpha value is -2.07. The van der Waals surface area contributed by atoms with Crippen molar-refractivity contribution in [3.05, 3.63) is 59.5 Å². The van der Waals surface area contributed by atoms with Crippen molar-refractivity contribution in [2.45, 2.75) is 25.4 Å². The Bertz CT molecular complexity index is 559. The molecule has 2 aromatic rings. The highest BCUT2D eigenvalue weighted by atomic mass is 16.4. The molecule has 0 aliphatic rings. The summed E-state index contributed by atoms with van der Waals surface area (Å²) in [5.41, 5.74) is -0.776. The number of rotatable bonds is 5. The number of furan rings is 1. The van der Waals surface area contributed by atoms with Crippen LogP contribution < -0.4 is 0 Å². The fraction of sp³-hybridized carbons (Fsp3) is 0.267. The van der Waals surface area contributed by atoms with Crippen molar-refractivity contribution in [1.29, 1.82) is 0 Å². The number of carboxylic acid groups (broad SMARTS) is 1. The Labute approximate surface area is 111 Å². The maximum Gasteiger partial charge on any atom is 0.339 e. The molecule has 0 radical (unpaired) electrons. The molecule has 1 atom stereocenters. The lowest BCUT2D eigenvalue weighted by Gasteiger charge is -2.26. The minimum atomic E-state index is -1.41. The molecule has 0 saturated heterocycles. The summed E-state index contributed by atoms with van der Waals surface area (Å²) in [4.78, 5) is 11.2.